The number of benzene rings is 1. The van der Waals surface area contributed by atoms with Crippen LogP contribution in [0.15, 0.2) is 67.0 Å². The number of halogens is 3. The van der Waals surface area contributed by atoms with Crippen molar-refractivity contribution in [1.29, 1.82) is 0 Å². The van der Waals surface area contributed by atoms with Crippen molar-refractivity contribution in [2.24, 2.45) is 0 Å². The van der Waals surface area contributed by atoms with Crippen molar-refractivity contribution < 1.29 is 18.0 Å². The number of rotatable bonds is 3. The third-order valence-electron chi connectivity index (χ3n) is 4.01. The molecule has 1 amide bonds. The second kappa shape index (κ2) is 6.76. The average molecular weight is 383 g/mol. The normalized spacial score (nSPS) is 11.5. The Balaban J connectivity index is 1.76. The summed E-state index contributed by atoms with van der Waals surface area (Å²) in [6, 6.07) is 13.0. The van der Waals surface area contributed by atoms with Crippen LogP contribution in [0.3, 0.4) is 0 Å². The van der Waals surface area contributed by atoms with Gasteiger partial charge in [0.05, 0.1) is 11.3 Å². The number of carbonyl (C=O) groups excluding carboxylic acids is 1. The Hall–Kier alpha value is -3.75. The van der Waals surface area contributed by atoms with Crippen molar-refractivity contribution in [2.75, 3.05) is 5.32 Å². The van der Waals surface area contributed by atoms with E-state index in [1.54, 1.807) is 18.2 Å². The molecule has 0 saturated heterocycles. The Morgan fingerprint density at radius 3 is 2.50 bits per heavy atom. The molecule has 0 aliphatic rings. The van der Waals surface area contributed by atoms with E-state index in [-0.39, 0.29) is 22.8 Å². The summed E-state index contributed by atoms with van der Waals surface area (Å²) in [7, 11) is 0. The average Bonchev–Trinajstić information content (AvgIpc) is 3.13. The lowest BCUT2D eigenvalue weighted by Crippen LogP contribution is -2.16. The standard InChI is InChI=1S/C19H12F3N5O/c20-19(21,22)13-6-2-1-5-12(13)15-11-17-24-10-8-16(27(17)26-15)25-18(28)14-7-3-4-9-23-14/h1-11H,(H,25,28). The fraction of sp³-hybridized carbons (Fsp3) is 0.0526. The predicted molar refractivity (Wildman–Crippen MR) is 95.6 cm³/mol. The van der Waals surface area contributed by atoms with Crippen molar-refractivity contribution >= 4 is 17.4 Å². The van der Waals surface area contributed by atoms with Gasteiger partial charge in [0.1, 0.15) is 11.5 Å². The lowest BCUT2D eigenvalue weighted by atomic mass is 10.0. The van der Waals surface area contributed by atoms with Crippen LogP contribution < -0.4 is 5.32 Å². The first-order valence-electron chi connectivity index (χ1n) is 8.17. The van der Waals surface area contributed by atoms with E-state index in [4.69, 9.17) is 0 Å². The summed E-state index contributed by atoms with van der Waals surface area (Å²) < 4.78 is 41.2. The summed E-state index contributed by atoms with van der Waals surface area (Å²) in [4.78, 5) is 20.4. The third kappa shape index (κ3) is 3.29. The Labute approximate surface area is 156 Å². The molecule has 1 N–H and O–H groups in total. The molecule has 0 unspecified atom stereocenters. The molecule has 0 atom stereocenters. The van der Waals surface area contributed by atoms with E-state index in [0.717, 1.165) is 6.07 Å². The maximum atomic E-state index is 13.3. The summed E-state index contributed by atoms with van der Waals surface area (Å²) in [6.07, 6.45) is -1.60. The topological polar surface area (TPSA) is 72.2 Å². The number of carbonyl (C=O) groups is 1. The van der Waals surface area contributed by atoms with Crippen molar-refractivity contribution in [1.82, 2.24) is 19.6 Å². The van der Waals surface area contributed by atoms with E-state index < -0.39 is 17.6 Å². The fourth-order valence-electron chi connectivity index (χ4n) is 2.75. The van der Waals surface area contributed by atoms with Gasteiger partial charge in [-0.05, 0) is 24.3 Å². The molecule has 28 heavy (non-hydrogen) atoms. The van der Waals surface area contributed by atoms with Crippen molar-refractivity contribution in [3.05, 3.63) is 78.2 Å². The Kier molecular flexibility index (Phi) is 4.26. The van der Waals surface area contributed by atoms with Crippen LogP contribution in [0, 0.1) is 0 Å². The summed E-state index contributed by atoms with van der Waals surface area (Å²) in [5.41, 5.74) is -0.270. The van der Waals surface area contributed by atoms with Gasteiger partial charge in [0, 0.05) is 24.0 Å². The maximum Gasteiger partial charge on any atom is 0.417 e. The zero-order chi connectivity index (χ0) is 19.7. The second-order valence-electron chi connectivity index (χ2n) is 5.84. The van der Waals surface area contributed by atoms with Crippen LogP contribution in [0.5, 0.6) is 0 Å². The van der Waals surface area contributed by atoms with Crippen LogP contribution in [0.4, 0.5) is 19.0 Å². The summed E-state index contributed by atoms with van der Waals surface area (Å²) in [5.74, 6) is -0.211. The minimum Gasteiger partial charge on any atom is -0.305 e. The zero-order valence-electron chi connectivity index (χ0n) is 14.2. The number of hydrogen-bond donors (Lipinski definition) is 1. The number of amides is 1. The highest BCUT2D eigenvalue weighted by molar-refractivity contribution is 6.02. The van der Waals surface area contributed by atoms with Crippen LogP contribution >= 0.6 is 0 Å². The van der Waals surface area contributed by atoms with E-state index in [0.29, 0.717) is 5.65 Å². The molecule has 3 heterocycles. The highest BCUT2D eigenvalue weighted by atomic mass is 19.4. The molecule has 0 bridgehead atoms. The lowest BCUT2D eigenvalue weighted by Gasteiger charge is -2.10. The van der Waals surface area contributed by atoms with Gasteiger partial charge >= 0.3 is 6.18 Å². The van der Waals surface area contributed by atoms with Gasteiger partial charge in [0.15, 0.2) is 5.65 Å². The molecular formula is C19H12F3N5O. The van der Waals surface area contributed by atoms with Crippen LogP contribution in [0.2, 0.25) is 0 Å². The number of pyridine rings is 1. The van der Waals surface area contributed by atoms with E-state index in [1.165, 1.54) is 47.2 Å². The summed E-state index contributed by atoms with van der Waals surface area (Å²) in [5, 5.41) is 6.87. The number of nitrogens with zero attached hydrogens (tertiary/aromatic N) is 4. The summed E-state index contributed by atoms with van der Waals surface area (Å²) in [6.45, 7) is 0. The SMILES string of the molecule is O=C(Nc1ccnc2cc(-c3ccccc3C(F)(F)F)nn12)c1ccccn1. The Bertz CT molecular complexity index is 1160. The molecule has 0 saturated carbocycles. The number of hydrogen-bond acceptors (Lipinski definition) is 4. The molecule has 9 heteroatoms. The third-order valence-corrected chi connectivity index (χ3v) is 4.01. The number of anilines is 1. The van der Waals surface area contributed by atoms with Crippen LogP contribution in [0.1, 0.15) is 16.1 Å². The molecule has 0 fully saturated rings. The molecule has 6 nitrogen and oxygen atoms in total. The van der Waals surface area contributed by atoms with Crippen molar-refractivity contribution in [2.45, 2.75) is 6.18 Å². The maximum absolute atomic E-state index is 13.3. The highest BCUT2D eigenvalue weighted by Crippen LogP contribution is 2.36. The first kappa shape index (κ1) is 17.7. The van der Waals surface area contributed by atoms with E-state index in [2.05, 4.69) is 20.4 Å². The lowest BCUT2D eigenvalue weighted by molar-refractivity contribution is -0.137. The van der Waals surface area contributed by atoms with Gasteiger partial charge in [-0.25, -0.2) is 4.98 Å². The number of aromatic nitrogens is 4. The van der Waals surface area contributed by atoms with Crippen LogP contribution in [-0.4, -0.2) is 25.5 Å². The largest absolute Gasteiger partial charge is 0.417 e. The minimum absolute atomic E-state index is 0.0671. The van der Waals surface area contributed by atoms with Crippen molar-refractivity contribution in [3.63, 3.8) is 0 Å². The number of alkyl halides is 3. The summed E-state index contributed by atoms with van der Waals surface area (Å²) >= 11 is 0. The van der Waals surface area contributed by atoms with Crippen LogP contribution in [-0.2, 0) is 6.18 Å². The van der Waals surface area contributed by atoms with E-state index >= 15 is 0 Å². The van der Waals surface area contributed by atoms with Crippen LogP contribution in [0.25, 0.3) is 16.9 Å². The molecule has 3 aromatic heterocycles. The molecule has 4 aromatic rings. The predicted octanol–water partition coefficient (Wildman–Crippen LogP) is 4.06. The van der Waals surface area contributed by atoms with Gasteiger partial charge in [0.25, 0.3) is 5.91 Å². The van der Waals surface area contributed by atoms with Gasteiger partial charge in [0.2, 0.25) is 0 Å². The number of fused-ring (bicyclic) bond motifs is 1. The smallest absolute Gasteiger partial charge is 0.305 e. The number of nitrogens with one attached hydrogen (secondary N) is 1. The first-order chi connectivity index (χ1) is 13.4. The van der Waals surface area contributed by atoms with Gasteiger partial charge in [-0.3, -0.25) is 9.78 Å². The minimum atomic E-state index is -4.52. The van der Waals surface area contributed by atoms with Gasteiger partial charge in [-0.2, -0.15) is 22.8 Å². The van der Waals surface area contributed by atoms with E-state index in [1.807, 2.05) is 0 Å². The fourth-order valence-corrected chi connectivity index (χ4v) is 2.75. The first-order valence-corrected chi connectivity index (χ1v) is 8.17. The molecule has 1 aromatic carbocycles. The zero-order valence-corrected chi connectivity index (χ0v) is 14.2. The Morgan fingerprint density at radius 1 is 0.964 bits per heavy atom. The second-order valence-corrected chi connectivity index (χ2v) is 5.84. The van der Waals surface area contributed by atoms with E-state index in [9.17, 15) is 18.0 Å². The molecule has 0 aliphatic heterocycles. The molecule has 140 valence electrons. The highest BCUT2D eigenvalue weighted by Gasteiger charge is 2.34. The molecule has 4 rings (SSSR count). The van der Waals surface area contributed by atoms with Gasteiger partial charge in [-0.15, -0.1) is 0 Å². The van der Waals surface area contributed by atoms with Crippen molar-refractivity contribution in [3.8, 4) is 11.3 Å². The molecule has 0 spiro atoms. The molecular weight excluding hydrogens is 371 g/mol. The molecule has 0 radical (unpaired) electrons. The monoisotopic (exact) mass is 383 g/mol. The Morgan fingerprint density at radius 2 is 1.75 bits per heavy atom. The van der Waals surface area contributed by atoms with Gasteiger partial charge in [-0.1, -0.05) is 24.3 Å². The molecule has 0 aliphatic carbocycles. The van der Waals surface area contributed by atoms with Gasteiger partial charge < -0.3 is 5.32 Å². The quantitative estimate of drug-likeness (QED) is 0.579.